The van der Waals surface area contributed by atoms with Gasteiger partial charge in [-0.3, -0.25) is 4.79 Å². The highest BCUT2D eigenvalue weighted by molar-refractivity contribution is 5.82. The van der Waals surface area contributed by atoms with E-state index in [0.29, 0.717) is 0 Å². The third-order valence-electron chi connectivity index (χ3n) is 2.84. The van der Waals surface area contributed by atoms with E-state index in [2.05, 4.69) is 5.32 Å². The molecule has 0 radical (unpaired) electrons. The van der Waals surface area contributed by atoms with Gasteiger partial charge in [-0.1, -0.05) is 30.3 Å². The summed E-state index contributed by atoms with van der Waals surface area (Å²) in [4.78, 5) is 34.7. The normalized spacial score (nSPS) is 12.1. The van der Waals surface area contributed by atoms with Crippen LogP contribution in [-0.4, -0.2) is 34.8 Å². The van der Waals surface area contributed by atoms with Crippen LogP contribution in [0.3, 0.4) is 0 Å². The molecule has 0 aliphatic rings. The highest BCUT2D eigenvalue weighted by Gasteiger charge is 2.27. The number of esters is 1. The molecule has 2 N–H and O–H groups in total. The number of ether oxygens (including phenoxy) is 2. The summed E-state index contributed by atoms with van der Waals surface area (Å²) in [5.74, 6) is -1.76. The summed E-state index contributed by atoms with van der Waals surface area (Å²) in [7, 11) is 0. The Morgan fingerprint density at radius 1 is 1.17 bits per heavy atom. The molecule has 7 nitrogen and oxygen atoms in total. The van der Waals surface area contributed by atoms with E-state index in [1.165, 1.54) is 0 Å². The summed E-state index contributed by atoms with van der Waals surface area (Å²) in [5, 5.41) is 11.1. The molecule has 0 spiro atoms. The standard InChI is InChI=1S/C17H23NO6/c1-17(2,3)24-15(21)13(9-10-14(19)20)18-16(22)23-11-12-7-5-4-6-8-12/h4-8,13H,9-11H2,1-3H3,(H,18,22)(H,19,20)/t13-/m1/s1. The fourth-order valence-corrected chi connectivity index (χ4v) is 1.80. The topological polar surface area (TPSA) is 102 Å². The first-order valence-electron chi connectivity index (χ1n) is 7.59. The van der Waals surface area contributed by atoms with Crippen LogP contribution in [0.2, 0.25) is 0 Å². The van der Waals surface area contributed by atoms with Crippen LogP contribution in [0.5, 0.6) is 0 Å². The maximum absolute atomic E-state index is 12.1. The molecule has 0 saturated heterocycles. The zero-order valence-corrected chi connectivity index (χ0v) is 14.1. The lowest BCUT2D eigenvalue weighted by molar-refractivity contribution is -0.157. The van der Waals surface area contributed by atoms with Gasteiger partial charge >= 0.3 is 18.0 Å². The molecular formula is C17H23NO6. The Morgan fingerprint density at radius 2 is 1.79 bits per heavy atom. The minimum atomic E-state index is -1.08. The number of hydrogen-bond donors (Lipinski definition) is 2. The molecule has 7 heteroatoms. The second-order valence-electron chi connectivity index (χ2n) is 6.22. The van der Waals surface area contributed by atoms with Crippen molar-refractivity contribution in [2.24, 2.45) is 0 Å². The van der Waals surface area contributed by atoms with Gasteiger partial charge in [0, 0.05) is 6.42 Å². The first kappa shape index (κ1) is 19.5. The van der Waals surface area contributed by atoms with Crippen molar-refractivity contribution in [3.63, 3.8) is 0 Å². The number of aliphatic carboxylic acids is 1. The Kier molecular flexibility index (Phi) is 7.23. The van der Waals surface area contributed by atoms with Gasteiger partial charge in [0.15, 0.2) is 0 Å². The monoisotopic (exact) mass is 337 g/mol. The number of carboxylic acid groups (broad SMARTS) is 1. The average Bonchev–Trinajstić information content (AvgIpc) is 2.48. The number of rotatable bonds is 7. The molecule has 24 heavy (non-hydrogen) atoms. The minimum Gasteiger partial charge on any atom is -0.481 e. The Bertz CT molecular complexity index is 564. The molecule has 0 aliphatic heterocycles. The van der Waals surface area contributed by atoms with Gasteiger partial charge in [0.1, 0.15) is 18.2 Å². The predicted molar refractivity (Wildman–Crippen MR) is 86.3 cm³/mol. The van der Waals surface area contributed by atoms with Crippen LogP contribution in [0, 0.1) is 0 Å². The van der Waals surface area contributed by atoms with Crippen LogP contribution in [0.15, 0.2) is 30.3 Å². The van der Waals surface area contributed by atoms with Crippen molar-refractivity contribution in [3.05, 3.63) is 35.9 Å². The van der Waals surface area contributed by atoms with Gasteiger partial charge in [0.2, 0.25) is 0 Å². The number of alkyl carbamates (subject to hydrolysis) is 1. The summed E-state index contributed by atoms with van der Waals surface area (Å²) in [6, 6.07) is 7.98. The molecule has 1 amide bonds. The smallest absolute Gasteiger partial charge is 0.408 e. The summed E-state index contributed by atoms with van der Waals surface area (Å²) >= 11 is 0. The van der Waals surface area contributed by atoms with E-state index >= 15 is 0 Å². The van der Waals surface area contributed by atoms with Crippen LogP contribution < -0.4 is 5.32 Å². The SMILES string of the molecule is CC(C)(C)OC(=O)[C@@H](CCC(=O)O)NC(=O)OCc1ccccc1. The second kappa shape index (κ2) is 8.90. The third kappa shape index (κ3) is 8.17. The van der Waals surface area contributed by atoms with E-state index in [4.69, 9.17) is 14.6 Å². The predicted octanol–water partition coefficient (Wildman–Crippen LogP) is 2.49. The van der Waals surface area contributed by atoms with Gasteiger partial charge in [0.05, 0.1) is 0 Å². The Morgan fingerprint density at radius 3 is 2.33 bits per heavy atom. The highest BCUT2D eigenvalue weighted by atomic mass is 16.6. The molecule has 0 bridgehead atoms. The number of carbonyl (C=O) groups excluding carboxylic acids is 2. The van der Waals surface area contributed by atoms with Gasteiger partial charge in [0.25, 0.3) is 0 Å². The summed E-state index contributed by atoms with van der Waals surface area (Å²) in [5.41, 5.74) is 0.0563. The lowest BCUT2D eigenvalue weighted by Crippen LogP contribution is -2.44. The Hall–Kier alpha value is -2.57. The van der Waals surface area contributed by atoms with E-state index in [1.807, 2.05) is 18.2 Å². The highest BCUT2D eigenvalue weighted by Crippen LogP contribution is 2.11. The summed E-state index contributed by atoms with van der Waals surface area (Å²) in [6.07, 6.45) is -1.16. The molecule has 0 aliphatic carbocycles. The lowest BCUT2D eigenvalue weighted by atomic mass is 10.1. The molecule has 0 saturated carbocycles. The van der Waals surface area contributed by atoms with Gasteiger partial charge in [-0.2, -0.15) is 0 Å². The molecule has 1 aromatic rings. The van der Waals surface area contributed by atoms with Crippen LogP contribution in [-0.2, 0) is 25.7 Å². The van der Waals surface area contributed by atoms with Crippen molar-refractivity contribution in [2.45, 2.75) is 51.9 Å². The van der Waals surface area contributed by atoms with E-state index in [1.54, 1.807) is 32.9 Å². The Balaban J connectivity index is 2.60. The largest absolute Gasteiger partial charge is 0.481 e. The van der Waals surface area contributed by atoms with Gasteiger partial charge in [-0.25, -0.2) is 9.59 Å². The maximum atomic E-state index is 12.1. The van der Waals surface area contributed by atoms with Gasteiger partial charge < -0.3 is 19.9 Å². The van der Waals surface area contributed by atoms with E-state index < -0.39 is 29.7 Å². The molecule has 1 aromatic carbocycles. The summed E-state index contributed by atoms with van der Waals surface area (Å²) in [6.45, 7) is 5.11. The molecule has 0 unspecified atom stereocenters. The number of nitrogens with one attached hydrogen (secondary N) is 1. The zero-order chi connectivity index (χ0) is 18.2. The van der Waals surface area contributed by atoms with Crippen molar-refractivity contribution in [3.8, 4) is 0 Å². The molecular weight excluding hydrogens is 314 g/mol. The van der Waals surface area contributed by atoms with Crippen molar-refractivity contribution in [1.82, 2.24) is 5.32 Å². The zero-order valence-electron chi connectivity index (χ0n) is 14.1. The average molecular weight is 337 g/mol. The van der Waals surface area contributed by atoms with Crippen molar-refractivity contribution < 1.29 is 29.0 Å². The van der Waals surface area contributed by atoms with Crippen LogP contribution in [0.25, 0.3) is 0 Å². The first-order valence-corrected chi connectivity index (χ1v) is 7.59. The first-order chi connectivity index (χ1) is 11.2. The fraction of sp³-hybridized carbons (Fsp3) is 0.471. The van der Waals surface area contributed by atoms with Crippen molar-refractivity contribution >= 4 is 18.0 Å². The molecule has 0 aromatic heterocycles. The molecule has 0 heterocycles. The third-order valence-corrected chi connectivity index (χ3v) is 2.84. The number of carbonyl (C=O) groups is 3. The van der Waals surface area contributed by atoms with Gasteiger partial charge in [-0.05, 0) is 32.8 Å². The van der Waals surface area contributed by atoms with Crippen molar-refractivity contribution in [2.75, 3.05) is 0 Å². The molecule has 1 rings (SSSR count). The fourth-order valence-electron chi connectivity index (χ4n) is 1.80. The molecule has 1 atom stereocenters. The lowest BCUT2D eigenvalue weighted by Gasteiger charge is -2.24. The van der Waals surface area contributed by atoms with Gasteiger partial charge in [-0.15, -0.1) is 0 Å². The minimum absolute atomic E-state index is 0.0483. The van der Waals surface area contributed by atoms with E-state index in [9.17, 15) is 14.4 Å². The quantitative estimate of drug-likeness (QED) is 0.741. The second-order valence-corrected chi connectivity index (χ2v) is 6.22. The van der Waals surface area contributed by atoms with E-state index in [-0.39, 0.29) is 19.4 Å². The van der Waals surface area contributed by atoms with Crippen molar-refractivity contribution in [1.29, 1.82) is 0 Å². The Labute approximate surface area is 141 Å². The number of benzene rings is 1. The maximum Gasteiger partial charge on any atom is 0.408 e. The van der Waals surface area contributed by atoms with Crippen LogP contribution in [0.4, 0.5) is 4.79 Å². The van der Waals surface area contributed by atoms with Crippen LogP contribution in [0.1, 0.15) is 39.2 Å². The number of hydrogen-bond acceptors (Lipinski definition) is 5. The number of carboxylic acids is 1. The molecule has 0 fully saturated rings. The molecule has 132 valence electrons. The number of amides is 1. The van der Waals surface area contributed by atoms with E-state index in [0.717, 1.165) is 5.56 Å². The summed E-state index contributed by atoms with van der Waals surface area (Å²) < 4.78 is 10.2. The van der Waals surface area contributed by atoms with Crippen LogP contribution >= 0.6 is 0 Å².